The molecule has 1 aromatic heterocycles. The van der Waals surface area contributed by atoms with Crippen LogP contribution in [0.25, 0.3) is 5.69 Å². The standard InChI is InChI=1S/C22H21FN4O3S/c1-30-18-7-3-2-6-17(18)27-14-24-25-22(27)31-19-8-4-5-13-26(21(19)29)20(28)15-9-11-16(23)12-10-15/h2-3,6-7,9-12,14,19H,4-5,8,13H2,1H3. The Hall–Kier alpha value is -3.20. The minimum atomic E-state index is -0.482. The third-order valence-electron chi connectivity index (χ3n) is 5.08. The molecule has 0 saturated carbocycles. The van der Waals surface area contributed by atoms with Crippen LogP contribution in [0.5, 0.6) is 5.75 Å². The molecule has 160 valence electrons. The fourth-order valence-electron chi connectivity index (χ4n) is 3.49. The minimum Gasteiger partial charge on any atom is -0.495 e. The van der Waals surface area contributed by atoms with Crippen LogP contribution in [0.4, 0.5) is 4.39 Å². The Bertz CT molecular complexity index is 1090. The fourth-order valence-corrected chi connectivity index (χ4v) is 4.61. The molecule has 4 rings (SSSR count). The third-order valence-corrected chi connectivity index (χ3v) is 6.30. The van der Waals surface area contributed by atoms with Crippen molar-refractivity contribution < 1.29 is 18.7 Å². The summed E-state index contributed by atoms with van der Waals surface area (Å²) >= 11 is 1.28. The van der Waals surface area contributed by atoms with Crippen molar-refractivity contribution in [2.24, 2.45) is 0 Å². The topological polar surface area (TPSA) is 77.3 Å². The van der Waals surface area contributed by atoms with Gasteiger partial charge in [0.1, 0.15) is 17.9 Å². The molecule has 1 atom stereocenters. The second kappa shape index (κ2) is 9.30. The number of amides is 2. The van der Waals surface area contributed by atoms with Gasteiger partial charge in [-0.3, -0.25) is 19.1 Å². The molecule has 2 amide bonds. The number of hydrogen-bond acceptors (Lipinski definition) is 6. The van der Waals surface area contributed by atoms with E-state index in [0.717, 1.165) is 18.5 Å². The zero-order chi connectivity index (χ0) is 21.8. The number of methoxy groups -OCH3 is 1. The van der Waals surface area contributed by atoms with Crippen LogP contribution >= 0.6 is 11.8 Å². The highest BCUT2D eigenvalue weighted by Crippen LogP contribution is 2.32. The molecular weight excluding hydrogens is 419 g/mol. The summed E-state index contributed by atoms with van der Waals surface area (Å²) in [6.07, 6.45) is 3.71. The van der Waals surface area contributed by atoms with Crippen molar-refractivity contribution in [1.29, 1.82) is 0 Å². The molecule has 1 aliphatic rings. The number of halogens is 1. The van der Waals surface area contributed by atoms with Crippen molar-refractivity contribution in [2.45, 2.75) is 29.7 Å². The Kier molecular flexibility index (Phi) is 6.31. The molecular formula is C22H21FN4O3S. The number of nitrogens with zero attached hydrogens (tertiary/aromatic N) is 4. The van der Waals surface area contributed by atoms with Gasteiger partial charge in [-0.25, -0.2) is 4.39 Å². The number of benzene rings is 2. The average molecular weight is 441 g/mol. The number of rotatable bonds is 5. The molecule has 2 heterocycles. The number of para-hydroxylation sites is 2. The predicted octanol–water partition coefficient (Wildman–Crippen LogP) is 3.73. The first kappa shape index (κ1) is 21.0. The summed E-state index contributed by atoms with van der Waals surface area (Å²) < 4.78 is 20.4. The van der Waals surface area contributed by atoms with Gasteiger partial charge in [0.15, 0.2) is 5.16 Å². The number of carbonyl (C=O) groups is 2. The first-order chi connectivity index (χ1) is 15.1. The number of carbonyl (C=O) groups excluding carboxylic acids is 2. The third kappa shape index (κ3) is 4.46. The maximum Gasteiger partial charge on any atom is 0.260 e. The summed E-state index contributed by atoms with van der Waals surface area (Å²) in [6, 6.07) is 12.7. The average Bonchev–Trinajstić information content (AvgIpc) is 3.17. The SMILES string of the molecule is COc1ccccc1-n1cnnc1SC1CCCCN(C(=O)c2ccc(F)cc2)C1=O. The summed E-state index contributed by atoms with van der Waals surface area (Å²) in [5, 5.41) is 8.25. The summed E-state index contributed by atoms with van der Waals surface area (Å²) in [7, 11) is 1.59. The van der Waals surface area contributed by atoms with Crippen LogP contribution in [0.15, 0.2) is 60.0 Å². The van der Waals surface area contributed by atoms with Gasteiger partial charge in [-0.1, -0.05) is 30.3 Å². The molecule has 1 unspecified atom stereocenters. The van der Waals surface area contributed by atoms with Crippen LogP contribution in [0.2, 0.25) is 0 Å². The van der Waals surface area contributed by atoms with Crippen molar-refractivity contribution in [1.82, 2.24) is 19.7 Å². The smallest absolute Gasteiger partial charge is 0.260 e. The van der Waals surface area contributed by atoms with E-state index in [1.807, 2.05) is 24.3 Å². The van der Waals surface area contributed by atoms with E-state index in [2.05, 4.69) is 10.2 Å². The maximum absolute atomic E-state index is 13.3. The fraction of sp³-hybridized carbons (Fsp3) is 0.273. The molecule has 1 aliphatic heterocycles. The monoisotopic (exact) mass is 440 g/mol. The largest absolute Gasteiger partial charge is 0.495 e. The van der Waals surface area contributed by atoms with Gasteiger partial charge in [0.25, 0.3) is 5.91 Å². The molecule has 7 nitrogen and oxygen atoms in total. The van der Waals surface area contributed by atoms with E-state index in [1.165, 1.54) is 40.9 Å². The Labute approximate surface area is 183 Å². The molecule has 0 N–H and O–H groups in total. The highest BCUT2D eigenvalue weighted by Gasteiger charge is 2.33. The van der Waals surface area contributed by atoms with Crippen LogP contribution in [-0.4, -0.2) is 50.4 Å². The number of imide groups is 1. The first-order valence-corrected chi connectivity index (χ1v) is 10.8. The number of likely N-dealkylation sites (tertiary alicyclic amines) is 1. The van der Waals surface area contributed by atoms with Gasteiger partial charge >= 0.3 is 0 Å². The number of hydrogen-bond donors (Lipinski definition) is 0. The molecule has 3 aromatic rings. The van der Waals surface area contributed by atoms with E-state index in [-0.39, 0.29) is 11.5 Å². The molecule has 0 bridgehead atoms. The van der Waals surface area contributed by atoms with Crippen LogP contribution in [0, 0.1) is 5.82 Å². The number of aromatic nitrogens is 3. The van der Waals surface area contributed by atoms with Gasteiger partial charge in [-0.2, -0.15) is 0 Å². The van der Waals surface area contributed by atoms with Gasteiger partial charge in [0.05, 0.1) is 18.0 Å². The summed E-state index contributed by atoms with van der Waals surface area (Å²) in [6.45, 7) is 0.339. The Balaban J connectivity index is 1.58. The van der Waals surface area contributed by atoms with E-state index in [4.69, 9.17) is 4.74 Å². The van der Waals surface area contributed by atoms with Gasteiger partial charge in [-0.15, -0.1) is 10.2 Å². The zero-order valence-corrected chi connectivity index (χ0v) is 17.7. The molecule has 31 heavy (non-hydrogen) atoms. The molecule has 9 heteroatoms. The second-order valence-electron chi connectivity index (χ2n) is 7.06. The quantitative estimate of drug-likeness (QED) is 0.563. The lowest BCUT2D eigenvalue weighted by Gasteiger charge is -2.22. The molecule has 2 aromatic carbocycles. The van der Waals surface area contributed by atoms with Gasteiger partial charge in [0.2, 0.25) is 5.91 Å². The normalized spacial score (nSPS) is 16.8. The minimum absolute atomic E-state index is 0.272. The predicted molar refractivity (Wildman–Crippen MR) is 114 cm³/mol. The molecule has 0 aliphatic carbocycles. The maximum atomic E-state index is 13.3. The van der Waals surface area contributed by atoms with E-state index in [1.54, 1.807) is 18.0 Å². The lowest BCUT2D eigenvalue weighted by molar-refractivity contribution is -0.127. The van der Waals surface area contributed by atoms with Crippen molar-refractivity contribution in [3.05, 3.63) is 66.2 Å². The highest BCUT2D eigenvalue weighted by molar-refractivity contribution is 8.00. The Morgan fingerprint density at radius 3 is 2.71 bits per heavy atom. The molecule has 1 fully saturated rings. The summed E-state index contributed by atoms with van der Waals surface area (Å²) in [4.78, 5) is 27.4. The van der Waals surface area contributed by atoms with Gasteiger partial charge in [0, 0.05) is 12.1 Å². The number of thioether (sulfide) groups is 1. The van der Waals surface area contributed by atoms with Crippen LogP contribution < -0.4 is 4.74 Å². The van der Waals surface area contributed by atoms with Gasteiger partial charge in [-0.05, 0) is 49.2 Å². The first-order valence-electron chi connectivity index (χ1n) is 9.90. The van der Waals surface area contributed by atoms with Crippen molar-refractivity contribution in [3.63, 3.8) is 0 Å². The molecule has 0 spiro atoms. The van der Waals surface area contributed by atoms with E-state index >= 15 is 0 Å². The molecule has 0 radical (unpaired) electrons. The summed E-state index contributed by atoms with van der Waals surface area (Å²) in [5.74, 6) is -0.456. The highest BCUT2D eigenvalue weighted by atomic mass is 32.2. The van der Waals surface area contributed by atoms with Crippen molar-refractivity contribution >= 4 is 23.6 Å². The van der Waals surface area contributed by atoms with Gasteiger partial charge < -0.3 is 4.74 Å². The zero-order valence-electron chi connectivity index (χ0n) is 16.9. The van der Waals surface area contributed by atoms with E-state index < -0.39 is 17.0 Å². The van der Waals surface area contributed by atoms with E-state index in [0.29, 0.717) is 23.9 Å². The van der Waals surface area contributed by atoms with Crippen LogP contribution in [-0.2, 0) is 4.79 Å². The lowest BCUT2D eigenvalue weighted by atomic mass is 10.2. The van der Waals surface area contributed by atoms with Crippen molar-refractivity contribution in [2.75, 3.05) is 13.7 Å². The van der Waals surface area contributed by atoms with Crippen molar-refractivity contribution in [3.8, 4) is 11.4 Å². The van der Waals surface area contributed by atoms with Crippen LogP contribution in [0.3, 0.4) is 0 Å². The number of ether oxygens (including phenoxy) is 1. The second-order valence-corrected chi connectivity index (χ2v) is 8.23. The lowest BCUT2D eigenvalue weighted by Crippen LogP contribution is -2.41. The Morgan fingerprint density at radius 2 is 1.94 bits per heavy atom. The van der Waals surface area contributed by atoms with Crippen LogP contribution in [0.1, 0.15) is 29.6 Å². The van der Waals surface area contributed by atoms with E-state index in [9.17, 15) is 14.0 Å². The molecule has 1 saturated heterocycles. The Morgan fingerprint density at radius 1 is 1.16 bits per heavy atom. The summed E-state index contributed by atoms with van der Waals surface area (Å²) in [5.41, 5.74) is 1.05.